The van der Waals surface area contributed by atoms with Gasteiger partial charge in [-0.25, -0.2) is 0 Å². The molecule has 0 unspecified atom stereocenters. The third-order valence-electron chi connectivity index (χ3n) is 3.40. The normalized spacial score (nSPS) is 10.7. The van der Waals surface area contributed by atoms with Crippen molar-refractivity contribution >= 4 is 23.0 Å². The van der Waals surface area contributed by atoms with Crippen molar-refractivity contribution in [3.63, 3.8) is 0 Å². The molecule has 0 spiro atoms. The molecule has 24 heavy (non-hydrogen) atoms. The summed E-state index contributed by atoms with van der Waals surface area (Å²) in [6.45, 7) is 0. The lowest BCUT2D eigenvalue weighted by Gasteiger charge is -2.05. The van der Waals surface area contributed by atoms with E-state index in [2.05, 4.69) is 15.5 Å². The van der Waals surface area contributed by atoms with Gasteiger partial charge in [0.05, 0.1) is 17.8 Å². The van der Waals surface area contributed by atoms with Crippen molar-refractivity contribution in [2.24, 2.45) is 10.2 Å². The molecule has 4 heteroatoms. The average molecular weight is 315 g/mol. The zero-order chi connectivity index (χ0) is 16.6. The molecule has 0 heterocycles. The zero-order valence-electron chi connectivity index (χ0n) is 13.1. The highest BCUT2D eigenvalue weighted by Gasteiger charge is 2.04. The predicted octanol–water partition coefficient (Wildman–Crippen LogP) is 5.28. The van der Waals surface area contributed by atoms with Crippen LogP contribution in [-0.4, -0.2) is 5.91 Å². The first-order chi connectivity index (χ1) is 11.8. The Morgan fingerprint density at radius 3 is 1.88 bits per heavy atom. The van der Waals surface area contributed by atoms with Crippen LogP contribution in [0.4, 0.5) is 17.1 Å². The molecule has 0 aliphatic carbocycles. The summed E-state index contributed by atoms with van der Waals surface area (Å²) >= 11 is 0. The third-order valence-corrected chi connectivity index (χ3v) is 3.40. The van der Waals surface area contributed by atoms with E-state index >= 15 is 0 Å². The fraction of sp³-hybridized carbons (Fsp3) is 0.0500. The number of hydrogen-bond donors (Lipinski definition) is 1. The smallest absolute Gasteiger partial charge is 0.228 e. The van der Waals surface area contributed by atoms with Crippen molar-refractivity contribution in [2.75, 3.05) is 5.32 Å². The number of hydrogen-bond acceptors (Lipinski definition) is 3. The molecular weight excluding hydrogens is 298 g/mol. The van der Waals surface area contributed by atoms with E-state index in [9.17, 15) is 4.79 Å². The highest BCUT2D eigenvalue weighted by Crippen LogP contribution is 2.18. The molecule has 0 radical (unpaired) electrons. The van der Waals surface area contributed by atoms with Gasteiger partial charge in [0.15, 0.2) is 0 Å². The fourth-order valence-electron chi connectivity index (χ4n) is 2.20. The number of carbonyl (C=O) groups is 1. The van der Waals surface area contributed by atoms with Crippen molar-refractivity contribution in [3.05, 3.63) is 90.5 Å². The molecule has 0 aliphatic rings. The number of nitrogens with zero attached hydrogens (tertiary/aromatic N) is 2. The molecule has 0 saturated heterocycles. The molecule has 1 amide bonds. The quantitative estimate of drug-likeness (QED) is 0.640. The van der Waals surface area contributed by atoms with Crippen LogP contribution in [0, 0.1) is 0 Å². The summed E-state index contributed by atoms with van der Waals surface area (Å²) in [5.74, 6) is -0.0418. The second-order valence-corrected chi connectivity index (χ2v) is 5.29. The average Bonchev–Trinajstić information content (AvgIpc) is 2.63. The summed E-state index contributed by atoms with van der Waals surface area (Å²) in [4.78, 5) is 12.0. The number of para-hydroxylation sites is 1. The summed E-state index contributed by atoms with van der Waals surface area (Å²) in [5.41, 5.74) is 3.30. The zero-order valence-corrected chi connectivity index (χ0v) is 13.1. The summed E-state index contributed by atoms with van der Waals surface area (Å²) < 4.78 is 0. The SMILES string of the molecule is O=C(Cc1ccc(/N=N/c2ccccc2)cc1)Nc1ccccc1. The van der Waals surface area contributed by atoms with E-state index in [1.54, 1.807) is 0 Å². The maximum Gasteiger partial charge on any atom is 0.228 e. The lowest BCUT2D eigenvalue weighted by Crippen LogP contribution is -2.14. The van der Waals surface area contributed by atoms with Gasteiger partial charge in [-0.05, 0) is 42.0 Å². The predicted molar refractivity (Wildman–Crippen MR) is 95.8 cm³/mol. The lowest BCUT2D eigenvalue weighted by molar-refractivity contribution is -0.115. The maximum atomic E-state index is 12.0. The van der Waals surface area contributed by atoms with E-state index in [0.717, 1.165) is 22.6 Å². The van der Waals surface area contributed by atoms with Gasteiger partial charge in [-0.2, -0.15) is 10.2 Å². The summed E-state index contributed by atoms with van der Waals surface area (Å²) in [6, 6.07) is 26.5. The number of azo groups is 1. The van der Waals surface area contributed by atoms with E-state index in [1.165, 1.54) is 0 Å². The molecule has 0 aromatic heterocycles. The number of carbonyl (C=O) groups excluding carboxylic acids is 1. The minimum atomic E-state index is -0.0418. The van der Waals surface area contributed by atoms with Crippen LogP contribution in [0.25, 0.3) is 0 Å². The van der Waals surface area contributed by atoms with Crippen LogP contribution in [0.1, 0.15) is 5.56 Å². The van der Waals surface area contributed by atoms with Gasteiger partial charge in [-0.3, -0.25) is 4.79 Å². The highest BCUT2D eigenvalue weighted by molar-refractivity contribution is 5.92. The van der Waals surface area contributed by atoms with E-state index in [-0.39, 0.29) is 5.91 Å². The highest BCUT2D eigenvalue weighted by atomic mass is 16.1. The molecule has 3 aromatic rings. The van der Waals surface area contributed by atoms with Crippen molar-refractivity contribution in [2.45, 2.75) is 6.42 Å². The fourth-order valence-corrected chi connectivity index (χ4v) is 2.20. The van der Waals surface area contributed by atoms with Crippen LogP contribution in [-0.2, 0) is 11.2 Å². The van der Waals surface area contributed by atoms with Gasteiger partial charge in [0, 0.05) is 5.69 Å². The van der Waals surface area contributed by atoms with Crippen LogP contribution < -0.4 is 5.32 Å². The molecule has 1 N–H and O–H groups in total. The second kappa shape index (κ2) is 7.83. The number of anilines is 1. The largest absolute Gasteiger partial charge is 0.326 e. The minimum absolute atomic E-state index is 0.0418. The third kappa shape index (κ3) is 4.61. The molecule has 0 aliphatic heterocycles. The Balaban J connectivity index is 1.58. The van der Waals surface area contributed by atoms with Crippen molar-refractivity contribution in [1.29, 1.82) is 0 Å². The van der Waals surface area contributed by atoms with E-state index in [0.29, 0.717) is 6.42 Å². The molecule has 3 aromatic carbocycles. The van der Waals surface area contributed by atoms with Gasteiger partial charge in [0.25, 0.3) is 0 Å². The number of rotatable bonds is 5. The molecule has 0 fully saturated rings. The van der Waals surface area contributed by atoms with Crippen LogP contribution in [0.2, 0.25) is 0 Å². The molecule has 0 saturated carbocycles. The first-order valence-corrected chi connectivity index (χ1v) is 7.70. The van der Waals surface area contributed by atoms with Gasteiger partial charge in [0.1, 0.15) is 0 Å². The van der Waals surface area contributed by atoms with Crippen LogP contribution >= 0.6 is 0 Å². The topological polar surface area (TPSA) is 53.8 Å². The summed E-state index contributed by atoms with van der Waals surface area (Å²) in [6.07, 6.45) is 0.324. The Labute approximate surface area is 140 Å². The maximum absolute atomic E-state index is 12.0. The Bertz CT molecular complexity index is 813. The number of amides is 1. The van der Waals surface area contributed by atoms with Gasteiger partial charge in [0.2, 0.25) is 5.91 Å². The standard InChI is InChI=1S/C20H17N3O/c24-20(21-17-7-3-1-4-8-17)15-16-11-13-19(14-12-16)23-22-18-9-5-2-6-10-18/h1-14H,15H2,(H,21,24)/b23-22+. The van der Waals surface area contributed by atoms with Crippen molar-refractivity contribution in [3.8, 4) is 0 Å². The number of benzene rings is 3. The van der Waals surface area contributed by atoms with Crippen molar-refractivity contribution in [1.82, 2.24) is 0 Å². The molecule has 118 valence electrons. The Morgan fingerprint density at radius 1 is 0.708 bits per heavy atom. The molecule has 4 nitrogen and oxygen atoms in total. The monoisotopic (exact) mass is 315 g/mol. The molecule has 0 atom stereocenters. The van der Waals surface area contributed by atoms with Crippen molar-refractivity contribution < 1.29 is 4.79 Å². The Kier molecular flexibility index (Phi) is 5.10. The molecular formula is C20H17N3O. The Hall–Kier alpha value is -3.27. The lowest BCUT2D eigenvalue weighted by atomic mass is 10.1. The molecule has 3 rings (SSSR count). The number of nitrogens with one attached hydrogen (secondary N) is 1. The van der Waals surface area contributed by atoms with Gasteiger partial charge in [-0.15, -0.1) is 0 Å². The van der Waals surface area contributed by atoms with E-state index < -0.39 is 0 Å². The Morgan fingerprint density at radius 2 is 1.25 bits per heavy atom. The first-order valence-electron chi connectivity index (χ1n) is 7.70. The van der Waals surface area contributed by atoms with Gasteiger partial charge < -0.3 is 5.32 Å². The summed E-state index contributed by atoms with van der Waals surface area (Å²) in [7, 11) is 0. The minimum Gasteiger partial charge on any atom is -0.326 e. The van der Waals surface area contributed by atoms with Gasteiger partial charge >= 0.3 is 0 Å². The molecule has 0 bridgehead atoms. The summed E-state index contributed by atoms with van der Waals surface area (Å²) in [5, 5.41) is 11.2. The van der Waals surface area contributed by atoms with Crippen LogP contribution in [0.15, 0.2) is 95.2 Å². The second-order valence-electron chi connectivity index (χ2n) is 5.29. The van der Waals surface area contributed by atoms with E-state index in [4.69, 9.17) is 0 Å². The van der Waals surface area contributed by atoms with Crippen LogP contribution in [0.3, 0.4) is 0 Å². The van der Waals surface area contributed by atoms with Gasteiger partial charge in [-0.1, -0.05) is 48.5 Å². The van der Waals surface area contributed by atoms with Crippen LogP contribution in [0.5, 0.6) is 0 Å². The first kappa shape index (κ1) is 15.6. The van der Waals surface area contributed by atoms with E-state index in [1.807, 2.05) is 84.9 Å².